The summed E-state index contributed by atoms with van der Waals surface area (Å²) in [6.07, 6.45) is 15.0. The van der Waals surface area contributed by atoms with Crippen LogP contribution in [0.15, 0.2) is 60.2 Å². The third-order valence-corrected chi connectivity index (χ3v) is 6.07. The Morgan fingerprint density at radius 3 is 2.86 bits per heavy atom. The first kappa shape index (κ1) is 20.6. The zero-order valence-electron chi connectivity index (χ0n) is 17.3. The predicted octanol–water partition coefficient (Wildman–Crippen LogP) is 4.46. The number of fused-ring (bicyclic) bond motifs is 1. The van der Waals surface area contributed by atoms with E-state index in [0.29, 0.717) is 18.3 Å². The zero-order valence-corrected chi connectivity index (χ0v) is 17.3. The van der Waals surface area contributed by atoms with E-state index in [0.717, 1.165) is 25.7 Å². The highest BCUT2D eigenvalue weighted by Crippen LogP contribution is 2.47. The number of allylic oxidation sites excluding steroid dienone is 4. The Hall–Kier alpha value is -2.13. The molecule has 150 valence electrons. The number of aryl methyl sites for hydroxylation is 2. The lowest BCUT2D eigenvalue weighted by atomic mass is 9.89. The van der Waals surface area contributed by atoms with Gasteiger partial charge >= 0.3 is 0 Å². The standard InChI is InChI=1S/C25H33NO2/c1-18-8-6-10-19(14-18)9-4-5-12-22-23-16-20(15-21(23)17-24(22)27)11-7-13-25(28)26(2)3/h5-8,10-12,14-15,21-24,27H,4,9,13,16-17H2,1-3H3/b11-7-,12-5+/t21-,22+,23-,24+/m0/s1. The zero-order chi connectivity index (χ0) is 20.1. The van der Waals surface area contributed by atoms with E-state index in [1.54, 1.807) is 19.0 Å². The minimum Gasteiger partial charge on any atom is -0.392 e. The molecule has 1 amide bonds. The number of hydrogen-bond donors (Lipinski definition) is 1. The van der Waals surface area contributed by atoms with Crippen LogP contribution in [-0.2, 0) is 11.2 Å². The van der Waals surface area contributed by atoms with Gasteiger partial charge in [0.15, 0.2) is 0 Å². The first-order valence-electron chi connectivity index (χ1n) is 10.4. The van der Waals surface area contributed by atoms with Crippen molar-refractivity contribution in [3.63, 3.8) is 0 Å². The van der Waals surface area contributed by atoms with Gasteiger partial charge in [-0.05, 0) is 50.0 Å². The van der Waals surface area contributed by atoms with Crippen LogP contribution in [-0.4, -0.2) is 36.1 Å². The third kappa shape index (κ3) is 5.23. The Kier molecular flexibility index (Phi) is 6.90. The highest BCUT2D eigenvalue weighted by molar-refractivity contribution is 5.77. The van der Waals surface area contributed by atoms with Crippen LogP contribution in [0.25, 0.3) is 0 Å². The van der Waals surface area contributed by atoms with Crippen molar-refractivity contribution in [2.75, 3.05) is 14.1 Å². The second-order valence-corrected chi connectivity index (χ2v) is 8.50. The van der Waals surface area contributed by atoms with E-state index in [1.165, 1.54) is 16.7 Å². The molecule has 0 heterocycles. The van der Waals surface area contributed by atoms with Gasteiger partial charge in [0.25, 0.3) is 0 Å². The summed E-state index contributed by atoms with van der Waals surface area (Å²) < 4.78 is 0. The van der Waals surface area contributed by atoms with Gasteiger partial charge in [0, 0.05) is 26.4 Å². The summed E-state index contributed by atoms with van der Waals surface area (Å²) in [4.78, 5) is 13.3. The summed E-state index contributed by atoms with van der Waals surface area (Å²) in [6.45, 7) is 2.13. The average molecular weight is 380 g/mol. The van der Waals surface area contributed by atoms with Gasteiger partial charge in [0.2, 0.25) is 5.91 Å². The van der Waals surface area contributed by atoms with E-state index < -0.39 is 0 Å². The molecule has 0 radical (unpaired) electrons. The Morgan fingerprint density at radius 1 is 1.29 bits per heavy atom. The summed E-state index contributed by atoms with van der Waals surface area (Å²) in [5, 5.41) is 10.5. The molecule has 1 aromatic carbocycles. The largest absolute Gasteiger partial charge is 0.392 e. The van der Waals surface area contributed by atoms with E-state index in [9.17, 15) is 9.90 Å². The fourth-order valence-corrected chi connectivity index (χ4v) is 4.54. The number of amides is 1. The molecule has 1 aromatic rings. The molecule has 2 aliphatic carbocycles. The summed E-state index contributed by atoms with van der Waals surface area (Å²) in [7, 11) is 3.57. The van der Waals surface area contributed by atoms with E-state index in [-0.39, 0.29) is 17.9 Å². The molecule has 2 aliphatic rings. The average Bonchev–Trinajstić information content (AvgIpc) is 3.15. The van der Waals surface area contributed by atoms with Crippen molar-refractivity contribution in [1.29, 1.82) is 0 Å². The monoisotopic (exact) mass is 379 g/mol. The van der Waals surface area contributed by atoms with Crippen LogP contribution in [0, 0.1) is 24.7 Å². The molecule has 3 rings (SSSR count). The maximum absolute atomic E-state index is 11.7. The predicted molar refractivity (Wildman–Crippen MR) is 115 cm³/mol. The van der Waals surface area contributed by atoms with Crippen LogP contribution in [0.3, 0.4) is 0 Å². The van der Waals surface area contributed by atoms with Gasteiger partial charge in [0.1, 0.15) is 0 Å². The lowest BCUT2D eigenvalue weighted by Gasteiger charge is -2.17. The first-order chi connectivity index (χ1) is 13.4. The van der Waals surface area contributed by atoms with Gasteiger partial charge in [-0.25, -0.2) is 0 Å². The molecule has 28 heavy (non-hydrogen) atoms. The Balaban J connectivity index is 1.51. The van der Waals surface area contributed by atoms with Gasteiger partial charge in [0.05, 0.1) is 6.10 Å². The quantitative estimate of drug-likeness (QED) is 0.711. The first-order valence-corrected chi connectivity index (χ1v) is 10.4. The van der Waals surface area contributed by atoms with Gasteiger partial charge in [-0.2, -0.15) is 0 Å². The van der Waals surface area contributed by atoms with Gasteiger partial charge in [-0.1, -0.05) is 65.8 Å². The van der Waals surface area contributed by atoms with Crippen molar-refractivity contribution in [2.45, 2.75) is 45.1 Å². The lowest BCUT2D eigenvalue weighted by molar-refractivity contribution is -0.127. The molecule has 0 aromatic heterocycles. The van der Waals surface area contributed by atoms with Crippen LogP contribution in [0.5, 0.6) is 0 Å². The molecular formula is C25H33NO2. The highest BCUT2D eigenvalue weighted by atomic mass is 16.3. The normalized spacial score (nSPS) is 26.8. The maximum Gasteiger partial charge on any atom is 0.225 e. The van der Waals surface area contributed by atoms with E-state index in [4.69, 9.17) is 0 Å². The minimum absolute atomic E-state index is 0.125. The Labute approximate surface area is 169 Å². The number of aliphatic hydroxyl groups excluding tert-OH is 1. The van der Waals surface area contributed by atoms with E-state index in [1.807, 2.05) is 6.08 Å². The summed E-state index contributed by atoms with van der Waals surface area (Å²) in [6, 6.07) is 8.67. The molecular weight excluding hydrogens is 346 g/mol. The molecule has 0 bridgehead atoms. The van der Waals surface area contributed by atoms with Crippen molar-refractivity contribution in [3.8, 4) is 0 Å². The second kappa shape index (κ2) is 9.38. The number of nitrogens with zero attached hydrogens (tertiary/aromatic N) is 1. The molecule has 0 spiro atoms. The van der Waals surface area contributed by atoms with Gasteiger partial charge in [-0.15, -0.1) is 0 Å². The van der Waals surface area contributed by atoms with Crippen molar-refractivity contribution in [1.82, 2.24) is 4.90 Å². The van der Waals surface area contributed by atoms with Crippen molar-refractivity contribution in [2.24, 2.45) is 17.8 Å². The van der Waals surface area contributed by atoms with Gasteiger partial charge < -0.3 is 10.0 Å². The van der Waals surface area contributed by atoms with Crippen LogP contribution < -0.4 is 0 Å². The fraction of sp³-hybridized carbons (Fsp3) is 0.480. The molecule has 0 unspecified atom stereocenters. The molecule has 1 N–H and O–H groups in total. The summed E-state index contributed by atoms with van der Waals surface area (Å²) in [5.41, 5.74) is 3.99. The summed E-state index contributed by atoms with van der Waals surface area (Å²) in [5.74, 6) is 1.33. The van der Waals surface area contributed by atoms with Crippen LogP contribution in [0.4, 0.5) is 0 Å². The number of benzene rings is 1. The second-order valence-electron chi connectivity index (χ2n) is 8.50. The Bertz CT molecular complexity index is 775. The van der Waals surface area contributed by atoms with Crippen LogP contribution >= 0.6 is 0 Å². The number of hydrogen-bond acceptors (Lipinski definition) is 2. The van der Waals surface area contributed by atoms with E-state index in [2.05, 4.69) is 55.5 Å². The van der Waals surface area contributed by atoms with Crippen LogP contribution in [0.2, 0.25) is 0 Å². The molecule has 4 atom stereocenters. The lowest BCUT2D eigenvalue weighted by Crippen LogP contribution is -2.20. The molecule has 3 nitrogen and oxygen atoms in total. The number of carbonyl (C=O) groups is 1. The highest BCUT2D eigenvalue weighted by Gasteiger charge is 2.42. The van der Waals surface area contributed by atoms with Crippen molar-refractivity contribution in [3.05, 3.63) is 71.3 Å². The molecule has 0 saturated heterocycles. The van der Waals surface area contributed by atoms with Crippen molar-refractivity contribution >= 4 is 5.91 Å². The van der Waals surface area contributed by atoms with Crippen molar-refractivity contribution < 1.29 is 9.90 Å². The third-order valence-electron chi connectivity index (χ3n) is 6.07. The van der Waals surface area contributed by atoms with E-state index >= 15 is 0 Å². The SMILES string of the molecule is Cc1cccc(CC/C=C/[C@@H]2[C@H]3CC(/C=C\CC(=O)N(C)C)=C[C@H]3C[C@H]2O)c1. The topological polar surface area (TPSA) is 40.5 Å². The Morgan fingerprint density at radius 2 is 2.11 bits per heavy atom. The number of aliphatic hydroxyl groups is 1. The number of rotatable bonds is 7. The molecule has 0 aliphatic heterocycles. The molecule has 1 saturated carbocycles. The minimum atomic E-state index is -0.234. The smallest absolute Gasteiger partial charge is 0.225 e. The van der Waals surface area contributed by atoms with Gasteiger partial charge in [-0.3, -0.25) is 4.79 Å². The number of carbonyl (C=O) groups excluding carboxylic acids is 1. The fourth-order valence-electron chi connectivity index (χ4n) is 4.54. The summed E-state index contributed by atoms with van der Waals surface area (Å²) >= 11 is 0. The molecule has 1 fully saturated rings. The maximum atomic E-state index is 11.7. The van der Waals surface area contributed by atoms with Crippen LogP contribution in [0.1, 0.15) is 36.8 Å². The molecule has 3 heteroatoms.